The Bertz CT molecular complexity index is 898. The Hall–Kier alpha value is -3.68. The summed E-state index contributed by atoms with van der Waals surface area (Å²) < 4.78 is 0. The highest BCUT2D eigenvalue weighted by Crippen LogP contribution is 2.08. The molecule has 1 aromatic rings. The molecular formula is C22H39N9O5. The molecule has 0 saturated carbocycles. The Kier molecular flexibility index (Phi) is 12.4. The summed E-state index contributed by atoms with van der Waals surface area (Å²) >= 11 is 0. The van der Waals surface area contributed by atoms with Crippen LogP contribution in [0.2, 0.25) is 0 Å². The minimum absolute atomic E-state index is 0.0328. The maximum atomic E-state index is 13.1. The van der Waals surface area contributed by atoms with Gasteiger partial charge >= 0.3 is 5.97 Å². The van der Waals surface area contributed by atoms with Gasteiger partial charge in [-0.15, -0.1) is 0 Å². The van der Waals surface area contributed by atoms with E-state index in [1.165, 1.54) is 12.5 Å². The molecule has 0 spiro atoms. The number of carboxylic acids is 1. The number of aromatic amines is 1. The van der Waals surface area contributed by atoms with E-state index in [9.17, 15) is 24.3 Å². The molecule has 4 unspecified atom stereocenters. The lowest BCUT2D eigenvalue weighted by atomic mass is 10.0. The molecule has 1 aromatic heterocycles. The minimum Gasteiger partial charge on any atom is -0.480 e. The van der Waals surface area contributed by atoms with Gasteiger partial charge in [0, 0.05) is 24.9 Å². The maximum absolute atomic E-state index is 13.1. The van der Waals surface area contributed by atoms with Crippen molar-refractivity contribution < 1.29 is 24.3 Å². The van der Waals surface area contributed by atoms with Gasteiger partial charge in [-0.2, -0.15) is 0 Å². The summed E-state index contributed by atoms with van der Waals surface area (Å²) in [4.78, 5) is 60.9. The van der Waals surface area contributed by atoms with E-state index in [4.69, 9.17) is 17.2 Å². The number of imidazole rings is 1. The number of nitrogens with two attached hydrogens (primary N) is 3. The number of nitrogens with zero attached hydrogens (tertiary/aromatic N) is 2. The number of carbonyl (C=O) groups is 4. The van der Waals surface area contributed by atoms with Gasteiger partial charge in [0.15, 0.2) is 5.96 Å². The van der Waals surface area contributed by atoms with Crippen LogP contribution >= 0.6 is 0 Å². The van der Waals surface area contributed by atoms with Crippen LogP contribution in [-0.4, -0.2) is 75.4 Å². The summed E-state index contributed by atoms with van der Waals surface area (Å²) in [7, 11) is 0. The van der Waals surface area contributed by atoms with Crippen molar-refractivity contribution in [3.63, 3.8) is 0 Å². The molecule has 0 aliphatic heterocycles. The number of aliphatic carboxylic acids is 1. The highest BCUT2D eigenvalue weighted by atomic mass is 16.4. The van der Waals surface area contributed by atoms with Gasteiger partial charge in [0.1, 0.15) is 18.1 Å². The zero-order valence-corrected chi connectivity index (χ0v) is 21.2. The zero-order chi connectivity index (χ0) is 27.4. The SMILES string of the molecule is CC(C)C(NC(=O)C(Cc1cnc[nH]1)NC(=O)C(NC(=O)C(N)CCCN=C(N)N)C(C)C)C(=O)O. The first-order chi connectivity index (χ1) is 16.8. The number of rotatable bonds is 15. The van der Waals surface area contributed by atoms with Gasteiger partial charge in [-0.05, 0) is 24.7 Å². The Balaban J connectivity index is 2.94. The predicted molar refractivity (Wildman–Crippen MR) is 133 cm³/mol. The van der Waals surface area contributed by atoms with Crippen LogP contribution < -0.4 is 33.2 Å². The average Bonchev–Trinajstić information content (AvgIpc) is 3.29. The summed E-state index contributed by atoms with van der Waals surface area (Å²) in [6.45, 7) is 7.10. The normalized spacial score (nSPS) is 14.4. The molecule has 14 heteroatoms. The first kappa shape index (κ1) is 30.4. The Morgan fingerprint density at radius 3 is 2.11 bits per heavy atom. The van der Waals surface area contributed by atoms with Crippen LogP contribution in [0.1, 0.15) is 46.2 Å². The molecule has 202 valence electrons. The Morgan fingerprint density at radius 1 is 1.00 bits per heavy atom. The molecule has 1 rings (SSSR count). The molecule has 0 saturated heterocycles. The number of guanidine groups is 1. The van der Waals surface area contributed by atoms with E-state index in [0.29, 0.717) is 25.1 Å². The summed E-state index contributed by atoms with van der Waals surface area (Å²) in [6.07, 6.45) is 3.72. The number of aliphatic imine (C=N–C) groups is 1. The molecule has 0 radical (unpaired) electrons. The van der Waals surface area contributed by atoms with Crippen LogP contribution in [-0.2, 0) is 25.6 Å². The molecule has 3 amide bonds. The van der Waals surface area contributed by atoms with Crippen molar-refractivity contribution in [2.45, 2.75) is 71.1 Å². The molecule has 0 aliphatic rings. The summed E-state index contributed by atoms with van der Waals surface area (Å²) in [5.74, 6) is -3.78. The number of carboxylic acid groups (broad SMARTS) is 1. The van der Waals surface area contributed by atoms with Gasteiger partial charge in [-0.1, -0.05) is 27.7 Å². The number of hydrogen-bond donors (Lipinski definition) is 8. The fourth-order valence-electron chi connectivity index (χ4n) is 3.30. The third-order valence-electron chi connectivity index (χ3n) is 5.39. The standard InChI is InChI=1S/C22H39N9O5/c1-11(2)16(30-18(32)14(23)6-5-7-27-22(24)25)20(34)29-15(8-13-9-26-10-28-13)19(33)31-17(12(3)4)21(35)36/h9-12,14-17H,5-8,23H2,1-4H3,(H,26,28)(H,29,34)(H,30,32)(H,31,33)(H,35,36)(H4,24,25,27). The van der Waals surface area contributed by atoms with E-state index in [0.717, 1.165) is 0 Å². The number of carbonyl (C=O) groups excluding carboxylic acids is 3. The van der Waals surface area contributed by atoms with Crippen molar-refractivity contribution in [2.24, 2.45) is 34.0 Å². The van der Waals surface area contributed by atoms with Gasteiger partial charge < -0.3 is 43.2 Å². The van der Waals surface area contributed by atoms with E-state index in [1.807, 2.05) is 0 Å². The molecule has 11 N–H and O–H groups in total. The van der Waals surface area contributed by atoms with Crippen LogP contribution in [0.25, 0.3) is 0 Å². The van der Waals surface area contributed by atoms with Gasteiger partial charge in [0.25, 0.3) is 0 Å². The molecule has 0 fully saturated rings. The lowest BCUT2D eigenvalue weighted by molar-refractivity contribution is -0.143. The van der Waals surface area contributed by atoms with E-state index in [1.54, 1.807) is 27.7 Å². The van der Waals surface area contributed by atoms with Gasteiger partial charge in [0.05, 0.1) is 12.4 Å². The van der Waals surface area contributed by atoms with Crippen LogP contribution in [0.3, 0.4) is 0 Å². The highest BCUT2D eigenvalue weighted by molar-refractivity contribution is 5.94. The monoisotopic (exact) mass is 509 g/mol. The molecule has 0 aliphatic carbocycles. The molecule has 4 atom stereocenters. The smallest absolute Gasteiger partial charge is 0.326 e. The quantitative estimate of drug-likeness (QED) is 0.0752. The minimum atomic E-state index is -1.19. The van der Waals surface area contributed by atoms with Gasteiger partial charge in [-0.3, -0.25) is 19.4 Å². The first-order valence-electron chi connectivity index (χ1n) is 11.8. The van der Waals surface area contributed by atoms with Gasteiger partial charge in [0.2, 0.25) is 17.7 Å². The number of nitrogens with one attached hydrogen (secondary N) is 4. The van der Waals surface area contributed by atoms with Crippen LogP contribution in [0.5, 0.6) is 0 Å². The Labute approximate surface area is 210 Å². The fraction of sp³-hybridized carbons (Fsp3) is 0.636. The zero-order valence-electron chi connectivity index (χ0n) is 21.2. The van der Waals surface area contributed by atoms with Crippen LogP contribution in [0, 0.1) is 11.8 Å². The second kappa shape index (κ2) is 14.7. The molecular weight excluding hydrogens is 470 g/mol. The largest absolute Gasteiger partial charge is 0.480 e. The number of aromatic nitrogens is 2. The van der Waals surface area contributed by atoms with E-state index in [2.05, 4.69) is 30.9 Å². The summed E-state index contributed by atoms with van der Waals surface area (Å²) in [6, 6.07) is -4.14. The van der Waals surface area contributed by atoms with Crippen molar-refractivity contribution in [1.82, 2.24) is 25.9 Å². The van der Waals surface area contributed by atoms with E-state index < -0.39 is 47.9 Å². The van der Waals surface area contributed by atoms with Crippen molar-refractivity contribution in [3.8, 4) is 0 Å². The van der Waals surface area contributed by atoms with Crippen molar-refractivity contribution in [1.29, 1.82) is 0 Å². The highest BCUT2D eigenvalue weighted by Gasteiger charge is 2.32. The van der Waals surface area contributed by atoms with Crippen LogP contribution in [0.15, 0.2) is 17.5 Å². The van der Waals surface area contributed by atoms with Crippen LogP contribution in [0.4, 0.5) is 0 Å². The predicted octanol–water partition coefficient (Wildman–Crippen LogP) is -1.82. The van der Waals surface area contributed by atoms with E-state index >= 15 is 0 Å². The van der Waals surface area contributed by atoms with E-state index in [-0.39, 0.29) is 24.2 Å². The molecule has 0 aromatic carbocycles. The number of amides is 3. The lowest BCUT2D eigenvalue weighted by Gasteiger charge is -2.27. The topological polar surface area (TPSA) is 244 Å². The number of H-pyrrole nitrogens is 1. The first-order valence-corrected chi connectivity index (χ1v) is 11.8. The average molecular weight is 510 g/mol. The van der Waals surface area contributed by atoms with Crippen molar-refractivity contribution in [2.75, 3.05) is 6.54 Å². The molecule has 1 heterocycles. The fourth-order valence-corrected chi connectivity index (χ4v) is 3.30. The van der Waals surface area contributed by atoms with Crippen molar-refractivity contribution in [3.05, 3.63) is 18.2 Å². The second-order valence-electron chi connectivity index (χ2n) is 9.20. The lowest BCUT2D eigenvalue weighted by Crippen LogP contribution is -2.59. The molecule has 36 heavy (non-hydrogen) atoms. The second-order valence-corrected chi connectivity index (χ2v) is 9.20. The maximum Gasteiger partial charge on any atom is 0.326 e. The molecule has 14 nitrogen and oxygen atoms in total. The summed E-state index contributed by atoms with van der Waals surface area (Å²) in [5.41, 5.74) is 17.0. The molecule has 0 bridgehead atoms. The van der Waals surface area contributed by atoms with Crippen molar-refractivity contribution >= 4 is 29.7 Å². The third kappa shape index (κ3) is 10.3. The third-order valence-corrected chi connectivity index (χ3v) is 5.39. The van der Waals surface area contributed by atoms with Gasteiger partial charge in [-0.25, -0.2) is 9.78 Å². The Morgan fingerprint density at radius 2 is 1.61 bits per heavy atom. The summed E-state index contributed by atoms with van der Waals surface area (Å²) in [5, 5.41) is 17.2. The number of hydrogen-bond acceptors (Lipinski definition) is 7.